The van der Waals surface area contributed by atoms with Gasteiger partial charge in [-0.15, -0.1) is 0 Å². The van der Waals surface area contributed by atoms with Gasteiger partial charge in [0.25, 0.3) is 0 Å². The van der Waals surface area contributed by atoms with Crippen LogP contribution in [0.2, 0.25) is 0 Å². The average Bonchev–Trinajstić information content (AvgIpc) is 2.63. The van der Waals surface area contributed by atoms with Gasteiger partial charge in [0.15, 0.2) is 0 Å². The molecule has 4 nitrogen and oxygen atoms in total. The second-order valence-electron chi connectivity index (χ2n) is 5.24. The van der Waals surface area contributed by atoms with Gasteiger partial charge in [0, 0.05) is 16.7 Å². The fraction of sp³-hybridized carbons (Fsp3) is 0. The summed E-state index contributed by atoms with van der Waals surface area (Å²) in [7, 11) is 0. The highest BCUT2D eigenvalue weighted by molar-refractivity contribution is 5.80. The molecule has 0 aliphatic heterocycles. The standard InChI is InChI=1S/C19H10F2N4/c20-13-5-6-17(21)15(7-13)14-8-18(25-19(24)16(14)10-23)12-3-1-11(9-22)2-4-12/h1-8H,(H2,24,25). The largest absolute Gasteiger partial charge is 0.383 e. The number of hydrogen-bond donors (Lipinski definition) is 1. The predicted molar refractivity (Wildman–Crippen MR) is 88.9 cm³/mol. The minimum absolute atomic E-state index is 0.0260. The summed E-state index contributed by atoms with van der Waals surface area (Å²) in [6.07, 6.45) is 0. The van der Waals surface area contributed by atoms with E-state index >= 15 is 0 Å². The van der Waals surface area contributed by atoms with Crippen LogP contribution in [0.25, 0.3) is 22.4 Å². The van der Waals surface area contributed by atoms with Crippen molar-refractivity contribution in [3.05, 3.63) is 71.3 Å². The van der Waals surface area contributed by atoms with E-state index in [1.54, 1.807) is 24.3 Å². The van der Waals surface area contributed by atoms with Crippen molar-refractivity contribution in [3.8, 4) is 34.5 Å². The molecule has 1 heterocycles. The molecule has 0 radical (unpaired) electrons. The lowest BCUT2D eigenvalue weighted by atomic mass is 9.97. The monoisotopic (exact) mass is 332 g/mol. The number of aromatic nitrogens is 1. The minimum atomic E-state index is -0.672. The van der Waals surface area contributed by atoms with E-state index in [1.807, 2.05) is 12.1 Å². The van der Waals surface area contributed by atoms with Crippen LogP contribution in [0, 0.1) is 34.3 Å². The molecule has 2 N–H and O–H groups in total. The van der Waals surface area contributed by atoms with E-state index in [-0.39, 0.29) is 22.5 Å². The number of hydrogen-bond acceptors (Lipinski definition) is 4. The number of pyridine rings is 1. The van der Waals surface area contributed by atoms with Crippen LogP contribution in [-0.2, 0) is 0 Å². The van der Waals surface area contributed by atoms with Crippen LogP contribution < -0.4 is 5.73 Å². The quantitative estimate of drug-likeness (QED) is 0.768. The highest BCUT2D eigenvalue weighted by Gasteiger charge is 2.17. The van der Waals surface area contributed by atoms with Crippen LogP contribution in [0.5, 0.6) is 0 Å². The van der Waals surface area contributed by atoms with Gasteiger partial charge >= 0.3 is 0 Å². The van der Waals surface area contributed by atoms with Crippen LogP contribution in [-0.4, -0.2) is 4.98 Å². The summed E-state index contributed by atoms with van der Waals surface area (Å²) >= 11 is 0. The van der Waals surface area contributed by atoms with Crippen LogP contribution in [0.3, 0.4) is 0 Å². The van der Waals surface area contributed by atoms with Crippen LogP contribution >= 0.6 is 0 Å². The van der Waals surface area contributed by atoms with Crippen molar-refractivity contribution in [1.29, 1.82) is 10.5 Å². The molecule has 3 rings (SSSR count). The molecule has 6 heteroatoms. The number of rotatable bonds is 2. The van der Waals surface area contributed by atoms with Crippen molar-refractivity contribution < 1.29 is 8.78 Å². The Kier molecular flexibility index (Phi) is 4.11. The highest BCUT2D eigenvalue weighted by atomic mass is 19.1. The normalized spacial score (nSPS) is 10.1. The third-order valence-corrected chi connectivity index (χ3v) is 3.69. The summed E-state index contributed by atoms with van der Waals surface area (Å²) in [5.74, 6) is -1.38. The van der Waals surface area contributed by atoms with Gasteiger partial charge in [-0.25, -0.2) is 13.8 Å². The summed E-state index contributed by atoms with van der Waals surface area (Å²) < 4.78 is 27.7. The Morgan fingerprint density at radius 1 is 0.880 bits per heavy atom. The zero-order chi connectivity index (χ0) is 18.0. The average molecular weight is 332 g/mol. The van der Waals surface area contributed by atoms with Crippen LogP contribution in [0.4, 0.5) is 14.6 Å². The summed E-state index contributed by atoms with van der Waals surface area (Å²) in [4.78, 5) is 4.16. The summed E-state index contributed by atoms with van der Waals surface area (Å²) in [6.45, 7) is 0. The highest BCUT2D eigenvalue weighted by Crippen LogP contribution is 2.33. The Labute approximate surface area is 142 Å². The molecule has 0 spiro atoms. The maximum atomic E-state index is 14.2. The molecule has 0 saturated carbocycles. The first-order valence-electron chi connectivity index (χ1n) is 7.20. The molecule has 1 aromatic heterocycles. The van der Waals surface area contributed by atoms with E-state index in [0.29, 0.717) is 16.8 Å². The molecule has 0 atom stereocenters. The zero-order valence-corrected chi connectivity index (χ0v) is 12.8. The molecule has 120 valence electrons. The van der Waals surface area contributed by atoms with E-state index in [0.717, 1.165) is 18.2 Å². The Morgan fingerprint density at radius 3 is 2.24 bits per heavy atom. The van der Waals surface area contributed by atoms with E-state index in [1.165, 1.54) is 6.07 Å². The second kappa shape index (κ2) is 6.38. The fourth-order valence-electron chi connectivity index (χ4n) is 2.46. The summed E-state index contributed by atoms with van der Waals surface area (Å²) in [6, 6.07) is 14.9. The summed E-state index contributed by atoms with van der Waals surface area (Å²) in [5, 5.41) is 18.2. The smallest absolute Gasteiger partial charge is 0.142 e. The molecule has 0 saturated heterocycles. The molecule has 3 aromatic rings. The van der Waals surface area contributed by atoms with Crippen LogP contribution in [0.1, 0.15) is 11.1 Å². The zero-order valence-electron chi connectivity index (χ0n) is 12.8. The Hall–Kier alpha value is -3.77. The number of halogens is 2. The number of benzene rings is 2. The second-order valence-corrected chi connectivity index (χ2v) is 5.24. The maximum absolute atomic E-state index is 14.2. The van der Waals surface area contributed by atoms with E-state index in [4.69, 9.17) is 11.0 Å². The lowest BCUT2D eigenvalue weighted by Crippen LogP contribution is -2.01. The van der Waals surface area contributed by atoms with Gasteiger partial charge < -0.3 is 5.73 Å². The van der Waals surface area contributed by atoms with Crippen molar-refractivity contribution in [2.45, 2.75) is 0 Å². The molecule has 0 aliphatic carbocycles. The third kappa shape index (κ3) is 3.01. The molecular weight excluding hydrogens is 322 g/mol. The third-order valence-electron chi connectivity index (χ3n) is 3.69. The SMILES string of the molecule is N#Cc1ccc(-c2cc(-c3cc(F)ccc3F)c(C#N)c(N)n2)cc1. The lowest BCUT2D eigenvalue weighted by molar-refractivity contribution is 0.603. The summed E-state index contributed by atoms with van der Waals surface area (Å²) in [5.41, 5.74) is 7.41. The molecule has 0 aliphatic rings. The number of nitrogens with zero attached hydrogens (tertiary/aromatic N) is 3. The number of nitrogen functional groups attached to an aromatic ring is 1. The van der Waals surface area contributed by atoms with Gasteiger partial charge in [0.05, 0.1) is 17.3 Å². The van der Waals surface area contributed by atoms with E-state index < -0.39 is 11.6 Å². The molecule has 0 unspecified atom stereocenters. The van der Waals surface area contributed by atoms with Gasteiger partial charge in [0.2, 0.25) is 0 Å². The fourth-order valence-corrected chi connectivity index (χ4v) is 2.46. The molecule has 25 heavy (non-hydrogen) atoms. The van der Waals surface area contributed by atoms with E-state index in [2.05, 4.69) is 4.98 Å². The number of nitrogens with two attached hydrogens (primary N) is 1. The van der Waals surface area contributed by atoms with Crippen molar-refractivity contribution in [2.24, 2.45) is 0 Å². The van der Waals surface area contributed by atoms with Gasteiger partial charge in [-0.2, -0.15) is 10.5 Å². The topological polar surface area (TPSA) is 86.5 Å². The van der Waals surface area contributed by atoms with Crippen molar-refractivity contribution in [3.63, 3.8) is 0 Å². The molecule has 0 fully saturated rings. The van der Waals surface area contributed by atoms with Gasteiger partial charge in [-0.1, -0.05) is 12.1 Å². The molecular formula is C19H10F2N4. The Morgan fingerprint density at radius 2 is 1.60 bits per heavy atom. The van der Waals surface area contributed by atoms with Gasteiger partial charge in [0.1, 0.15) is 29.1 Å². The molecule has 0 bridgehead atoms. The predicted octanol–water partition coefficient (Wildman–Crippen LogP) is 4.02. The van der Waals surface area contributed by atoms with Gasteiger partial charge in [-0.05, 0) is 36.4 Å². The molecule has 0 amide bonds. The van der Waals surface area contributed by atoms with Gasteiger partial charge in [-0.3, -0.25) is 0 Å². The Balaban J connectivity index is 2.24. The molecule has 2 aromatic carbocycles. The minimum Gasteiger partial charge on any atom is -0.383 e. The van der Waals surface area contributed by atoms with Crippen molar-refractivity contribution in [1.82, 2.24) is 4.98 Å². The Bertz CT molecular complexity index is 1040. The van der Waals surface area contributed by atoms with Crippen molar-refractivity contribution >= 4 is 5.82 Å². The van der Waals surface area contributed by atoms with Crippen LogP contribution in [0.15, 0.2) is 48.5 Å². The first-order chi connectivity index (χ1) is 12.0. The number of nitriles is 2. The maximum Gasteiger partial charge on any atom is 0.142 e. The van der Waals surface area contributed by atoms with E-state index in [9.17, 15) is 14.0 Å². The number of anilines is 1. The first kappa shape index (κ1) is 16.1. The lowest BCUT2D eigenvalue weighted by Gasteiger charge is -2.11. The van der Waals surface area contributed by atoms with Crippen molar-refractivity contribution in [2.75, 3.05) is 5.73 Å². The first-order valence-corrected chi connectivity index (χ1v) is 7.20.